The first-order chi connectivity index (χ1) is 7.86. The van der Waals surface area contributed by atoms with Gasteiger partial charge in [-0.25, -0.2) is 0 Å². The summed E-state index contributed by atoms with van der Waals surface area (Å²) in [5.41, 5.74) is 4.42. The molecule has 16 heavy (non-hydrogen) atoms. The molecule has 0 spiro atoms. The number of hydrogen-bond acceptors (Lipinski definition) is 0. The van der Waals surface area contributed by atoms with Crippen molar-refractivity contribution in [3.63, 3.8) is 0 Å². The van der Waals surface area contributed by atoms with Gasteiger partial charge in [0.25, 0.3) is 0 Å². The van der Waals surface area contributed by atoms with Gasteiger partial charge in [-0.1, -0.05) is 36.4 Å². The maximum absolute atomic E-state index is 10.3. The van der Waals surface area contributed by atoms with Gasteiger partial charge in [0.05, 0.1) is 11.1 Å². The summed E-state index contributed by atoms with van der Waals surface area (Å²) in [6.45, 7) is 0. The molecule has 1 N–H and O–H groups in total. The van der Waals surface area contributed by atoms with Crippen molar-refractivity contribution in [3.8, 4) is 0 Å². The van der Waals surface area contributed by atoms with Crippen LogP contribution in [0.4, 0.5) is 0 Å². The summed E-state index contributed by atoms with van der Waals surface area (Å²) < 4.78 is 0. The van der Waals surface area contributed by atoms with Crippen molar-refractivity contribution in [3.05, 3.63) is 70.8 Å². The van der Waals surface area contributed by atoms with Gasteiger partial charge in [-0.3, -0.25) is 4.79 Å². The molecule has 1 nitrogen and oxygen atoms in total. The minimum atomic E-state index is 0.420. The van der Waals surface area contributed by atoms with Gasteiger partial charge in [-0.05, 0) is 36.1 Å². The van der Waals surface area contributed by atoms with Crippen molar-refractivity contribution in [1.29, 1.82) is 0 Å². The molecule has 1 aliphatic rings. The van der Waals surface area contributed by atoms with Gasteiger partial charge in [-0.15, -0.1) is 0 Å². The van der Waals surface area contributed by atoms with Crippen molar-refractivity contribution in [2.45, 2.75) is 12.8 Å². The topological polar surface area (TPSA) is 21.4 Å². The van der Waals surface area contributed by atoms with Crippen LogP contribution in [0, 0.1) is 0 Å². The maximum atomic E-state index is 10.3. The van der Waals surface area contributed by atoms with Gasteiger partial charge in [0, 0.05) is 0 Å². The summed E-state index contributed by atoms with van der Waals surface area (Å²) in [4.78, 5) is 10.3. The van der Waals surface area contributed by atoms with Gasteiger partial charge in [-0.2, -0.15) is 0 Å². The molecule has 0 saturated carbocycles. The van der Waals surface area contributed by atoms with E-state index in [-0.39, 0.29) is 0 Å². The summed E-state index contributed by atoms with van der Waals surface area (Å²) >= 11 is 0. The molecule has 0 aliphatic heterocycles. The average Bonchev–Trinajstić information content (AvgIpc) is 2.49. The lowest BCUT2D eigenvalue weighted by molar-refractivity contribution is 0.679. The Labute approximate surface area is 94.7 Å². The van der Waals surface area contributed by atoms with E-state index in [2.05, 4.69) is 12.1 Å². The highest BCUT2D eigenvalue weighted by Gasteiger charge is 2.24. The second-order valence-corrected chi connectivity index (χ2v) is 4.16. The second-order valence-electron chi connectivity index (χ2n) is 4.16. The monoisotopic (exact) mass is 209 g/mol. The Kier molecular flexibility index (Phi) is 2.10. The number of rotatable bonds is 0. The number of fused-ring (bicyclic) bond motifs is 2. The Bertz CT molecular complexity index is 505. The summed E-state index contributed by atoms with van der Waals surface area (Å²) in [7, 11) is 0. The van der Waals surface area contributed by atoms with Crippen LogP contribution in [0.3, 0.4) is 0 Å². The van der Waals surface area contributed by atoms with Crippen LogP contribution >= 0.6 is 0 Å². The third kappa shape index (κ3) is 1.36. The van der Waals surface area contributed by atoms with Gasteiger partial charge >= 0.3 is 5.78 Å². The summed E-state index contributed by atoms with van der Waals surface area (Å²) in [6, 6.07) is 16.2. The van der Waals surface area contributed by atoms with E-state index in [1.54, 1.807) is 0 Å². The second kappa shape index (κ2) is 3.60. The van der Waals surface area contributed by atoms with Crippen LogP contribution in [0.25, 0.3) is 0 Å². The zero-order valence-corrected chi connectivity index (χ0v) is 8.98. The lowest BCUT2D eigenvalue weighted by Gasteiger charge is -1.98. The zero-order chi connectivity index (χ0) is 11.0. The quantitative estimate of drug-likeness (QED) is 0.595. The van der Waals surface area contributed by atoms with Gasteiger partial charge in [0.15, 0.2) is 0 Å². The van der Waals surface area contributed by atoms with E-state index >= 15 is 0 Å². The molecule has 78 valence electrons. The van der Waals surface area contributed by atoms with Crippen molar-refractivity contribution in [1.82, 2.24) is 0 Å². The molecule has 3 rings (SSSR count). The highest BCUT2D eigenvalue weighted by Crippen LogP contribution is 2.23. The lowest BCUT2D eigenvalue weighted by Crippen LogP contribution is -2.05. The molecule has 0 bridgehead atoms. The van der Waals surface area contributed by atoms with Crippen molar-refractivity contribution < 1.29 is 4.79 Å². The van der Waals surface area contributed by atoms with Crippen LogP contribution in [0.1, 0.15) is 22.3 Å². The summed E-state index contributed by atoms with van der Waals surface area (Å²) in [5.74, 6) is 0.420. The Morgan fingerprint density at radius 2 is 1.12 bits per heavy atom. The van der Waals surface area contributed by atoms with E-state index in [1.165, 1.54) is 11.1 Å². The van der Waals surface area contributed by atoms with Crippen LogP contribution in [-0.2, 0) is 12.8 Å². The van der Waals surface area contributed by atoms with Crippen LogP contribution in [0.2, 0.25) is 0 Å². The average molecular weight is 209 g/mol. The number of carbonyl (C=O) groups excluding carboxylic acids is 1. The summed E-state index contributed by atoms with van der Waals surface area (Å²) in [5, 5.41) is 0. The highest BCUT2D eigenvalue weighted by atomic mass is 16.1. The lowest BCUT2D eigenvalue weighted by atomic mass is 9.99. The smallest absolute Gasteiger partial charge is 0.273 e. The third-order valence-electron chi connectivity index (χ3n) is 3.21. The fourth-order valence-corrected chi connectivity index (χ4v) is 2.35. The first kappa shape index (κ1) is 9.34. The molecule has 1 aliphatic carbocycles. The molecule has 2 aromatic rings. The Hall–Kier alpha value is -1.89. The molecular weight excluding hydrogens is 196 g/mol. The Balaban J connectivity index is 2.22. The SMILES string of the molecule is [OH+]=C1c2ccccc2CCc2ccccc21. The Morgan fingerprint density at radius 3 is 1.62 bits per heavy atom. The minimum absolute atomic E-state index is 0.420. The molecule has 0 aromatic heterocycles. The normalized spacial score (nSPS) is 13.9. The molecule has 0 radical (unpaired) electrons. The van der Waals surface area contributed by atoms with Crippen LogP contribution in [-0.4, -0.2) is 10.6 Å². The van der Waals surface area contributed by atoms with E-state index < -0.39 is 0 Å². The number of ketones is 1. The predicted octanol–water partition coefficient (Wildman–Crippen LogP) is 2.73. The van der Waals surface area contributed by atoms with Crippen molar-refractivity contribution in [2.75, 3.05) is 0 Å². The van der Waals surface area contributed by atoms with E-state index in [9.17, 15) is 4.79 Å². The molecule has 2 aromatic carbocycles. The summed E-state index contributed by atoms with van der Waals surface area (Å²) in [6.07, 6.45) is 1.99. The van der Waals surface area contributed by atoms with E-state index in [0.29, 0.717) is 5.78 Å². The standard InChI is InChI=1S/C15H12O/c16-15-13-7-3-1-5-11(13)9-10-12-6-2-4-8-14(12)15/h1-8H,9-10H2/p+1. The predicted molar refractivity (Wildman–Crippen MR) is 65.4 cm³/mol. The molecular formula is C15H13O+. The van der Waals surface area contributed by atoms with Crippen LogP contribution < -0.4 is 0 Å². The van der Waals surface area contributed by atoms with Crippen molar-refractivity contribution in [2.24, 2.45) is 0 Å². The number of benzene rings is 2. The fraction of sp³-hybridized carbons (Fsp3) is 0.133. The van der Waals surface area contributed by atoms with Gasteiger partial charge in [0.2, 0.25) is 0 Å². The zero-order valence-electron chi connectivity index (χ0n) is 8.98. The molecule has 0 unspecified atom stereocenters. The molecule has 0 saturated heterocycles. The molecule has 0 amide bonds. The molecule has 0 fully saturated rings. The van der Waals surface area contributed by atoms with E-state index in [1.807, 2.05) is 36.4 Å². The van der Waals surface area contributed by atoms with Gasteiger partial charge in [0.1, 0.15) is 0 Å². The van der Waals surface area contributed by atoms with E-state index in [4.69, 9.17) is 0 Å². The number of hydrogen-bond donors (Lipinski definition) is 0. The minimum Gasteiger partial charge on any atom is -0.273 e. The maximum Gasteiger partial charge on any atom is 0.354 e. The van der Waals surface area contributed by atoms with Crippen LogP contribution in [0.15, 0.2) is 48.5 Å². The molecule has 0 atom stereocenters. The Morgan fingerprint density at radius 1 is 0.688 bits per heavy atom. The molecule has 1 heteroatoms. The third-order valence-corrected chi connectivity index (χ3v) is 3.21. The van der Waals surface area contributed by atoms with Crippen molar-refractivity contribution >= 4 is 5.78 Å². The first-order valence-electron chi connectivity index (χ1n) is 5.59. The highest BCUT2D eigenvalue weighted by molar-refractivity contribution is 6.11. The number of aryl methyl sites for hydroxylation is 2. The molecule has 0 heterocycles. The largest absolute Gasteiger partial charge is 0.354 e. The van der Waals surface area contributed by atoms with E-state index in [0.717, 1.165) is 24.0 Å². The first-order valence-corrected chi connectivity index (χ1v) is 5.59. The van der Waals surface area contributed by atoms with Gasteiger partial charge < -0.3 is 0 Å². The fourth-order valence-electron chi connectivity index (χ4n) is 2.35. The van der Waals surface area contributed by atoms with Crippen LogP contribution in [0.5, 0.6) is 0 Å².